The molecule has 2 aliphatic rings. The van der Waals surface area contributed by atoms with Crippen molar-refractivity contribution in [3.63, 3.8) is 0 Å². The lowest BCUT2D eigenvalue weighted by Gasteiger charge is -2.30. The number of hydrogen-bond acceptors (Lipinski definition) is 5. The molecule has 0 atom stereocenters. The summed E-state index contributed by atoms with van der Waals surface area (Å²) in [4.78, 5) is 27.6. The third kappa shape index (κ3) is 5.38. The highest BCUT2D eigenvalue weighted by atomic mass is 32.2. The summed E-state index contributed by atoms with van der Waals surface area (Å²) < 4.78 is 30.7. The first kappa shape index (κ1) is 23.5. The molecule has 31 heavy (non-hydrogen) atoms. The molecule has 2 aliphatic heterocycles. The van der Waals surface area contributed by atoms with Crippen molar-refractivity contribution in [3.05, 3.63) is 18.2 Å². The summed E-state index contributed by atoms with van der Waals surface area (Å²) in [6.45, 7) is 9.43. The number of amides is 2. The standard InChI is InChI=1S/C22H33N3O5S/c1-15(2)13-25-18-7-6-17(12-19(18)30-14-22(3,4)21(25)27)23-20(26)16-8-10-24(11-9-16)31(5,28)29/h6-7,12,15-16H,8-11,13-14H2,1-5H3,(H,23,26). The summed E-state index contributed by atoms with van der Waals surface area (Å²) in [7, 11) is -3.22. The second-order valence-corrected chi connectivity index (χ2v) is 11.6. The van der Waals surface area contributed by atoms with E-state index < -0.39 is 15.4 Å². The molecule has 1 N–H and O–H groups in total. The molecular formula is C22H33N3O5S. The highest BCUT2D eigenvalue weighted by Gasteiger charge is 2.38. The molecule has 0 bridgehead atoms. The van der Waals surface area contributed by atoms with Gasteiger partial charge in [-0.1, -0.05) is 13.8 Å². The first-order valence-corrected chi connectivity index (χ1v) is 12.6. The van der Waals surface area contributed by atoms with Gasteiger partial charge >= 0.3 is 0 Å². The van der Waals surface area contributed by atoms with E-state index in [1.165, 1.54) is 10.6 Å². The zero-order valence-electron chi connectivity index (χ0n) is 19.0. The Morgan fingerprint density at radius 2 is 1.90 bits per heavy atom. The Labute approximate surface area is 185 Å². The number of nitrogens with zero attached hydrogens (tertiary/aromatic N) is 2. The van der Waals surface area contributed by atoms with E-state index >= 15 is 0 Å². The molecule has 0 aromatic heterocycles. The lowest BCUT2D eigenvalue weighted by molar-refractivity contribution is -0.127. The monoisotopic (exact) mass is 451 g/mol. The number of fused-ring (bicyclic) bond motifs is 1. The molecule has 172 valence electrons. The van der Waals surface area contributed by atoms with Crippen LogP contribution in [0.25, 0.3) is 0 Å². The molecule has 1 aromatic rings. The van der Waals surface area contributed by atoms with Crippen LogP contribution in [0.2, 0.25) is 0 Å². The van der Waals surface area contributed by atoms with Crippen molar-refractivity contribution >= 4 is 33.2 Å². The van der Waals surface area contributed by atoms with Gasteiger partial charge in [0.1, 0.15) is 12.4 Å². The minimum absolute atomic E-state index is 0.0226. The molecule has 0 saturated carbocycles. The average molecular weight is 452 g/mol. The Hall–Kier alpha value is -2.13. The molecule has 1 saturated heterocycles. The number of carbonyl (C=O) groups excluding carboxylic acids is 2. The summed E-state index contributed by atoms with van der Waals surface area (Å²) in [6.07, 6.45) is 2.17. The van der Waals surface area contributed by atoms with E-state index in [0.29, 0.717) is 55.5 Å². The van der Waals surface area contributed by atoms with Crippen molar-refractivity contribution in [1.29, 1.82) is 0 Å². The van der Waals surface area contributed by atoms with Gasteiger partial charge in [0.15, 0.2) is 0 Å². The molecule has 1 fully saturated rings. The summed E-state index contributed by atoms with van der Waals surface area (Å²) in [5.41, 5.74) is 0.667. The summed E-state index contributed by atoms with van der Waals surface area (Å²) in [5, 5.41) is 2.93. The average Bonchev–Trinajstić information content (AvgIpc) is 2.77. The van der Waals surface area contributed by atoms with Crippen molar-refractivity contribution in [3.8, 4) is 5.75 Å². The van der Waals surface area contributed by atoms with Crippen molar-refractivity contribution in [1.82, 2.24) is 4.31 Å². The van der Waals surface area contributed by atoms with E-state index in [1.54, 1.807) is 17.0 Å². The largest absolute Gasteiger partial charge is 0.490 e. The van der Waals surface area contributed by atoms with Gasteiger partial charge in [-0.2, -0.15) is 0 Å². The van der Waals surface area contributed by atoms with Gasteiger partial charge in [0.2, 0.25) is 21.8 Å². The quantitative estimate of drug-likeness (QED) is 0.743. The Balaban J connectivity index is 1.75. The normalized spacial score (nSPS) is 20.2. The van der Waals surface area contributed by atoms with Crippen molar-refractivity contribution in [2.45, 2.75) is 40.5 Å². The summed E-state index contributed by atoms with van der Waals surface area (Å²) in [6, 6.07) is 5.37. The smallest absolute Gasteiger partial charge is 0.236 e. The molecule has 0 radical (unpaired) electrons. The van der Waals surface area contributed by atoms with Crippen LogP contribution in [0.1, 0.15) is 40.5 Å². The topological polar surface area (TPSA) is 96.0 Å². The van der Waals surface area contributed by atoms with Crippen LogP contribution >= 0.6 is 0 Å². The van der Waals surface area contributed by atoms with Crippen LogP contribution in [-0.2, 0) is 19.6 Å². The highest BCUT2D eigenvalue weighted by Crippen LogP contribution is 2.38. The second kappa shape index (κ2) is 8.78. The van der Waals surface area contributed by atoms with E-state index in [1.807, 2.05) is 19.9 Å². The number of ether oxygens (including phenoxy) is 1. The number of anilines is 2. The minimum atomic E-state index is -3.22. The molecule has 0 unspecified atom stereocenters. The van der Waals surface area contributed by atoms with Crippen molar-refractivity contribution in [2.75, 3.05) is 42.7 Å². The van der Waals surface area contributed by atoms with E-state index in [2.05, 4.69) is 19.2 Å². The van der Waals surface area contributed by atoms with Gasteiger partial charge in [-0.15, -0.1) is 0 Å². The lowest BCUT2D eigenvalue weighted by Crippen LogP contribution is -2.43. The first-order valence-electron chi connectivity index (χ1n) is 10.7. The zero-order valence-corrected chi connectivity index (χ0v) is 19.8. The van der Waals surface area contributed by atoms with Gasteiger partial charge < -0.3 is 15.0 Å². The molecule has 3 rings (SSSR count). The molecular weight excluding hydrogens is 418 g/mol. The Morgan fingerprint density at radius 1 is 1.26 bits per heavy atom. The van der Waals surface area contributed by atoms with Crippen LogP contribution in [0.3, 0.4) is 0 Å². The number of nitrogens with one attached hydrogen (secondary N) is 1. The van der Waals surface area contributed by atoms with Crippen molar-refractivity contribution < 1.29 is 22.7 Å². The fourth-order valence-electron chi connectivity index (χ4n) is 3.97. The first-order chi connectivity index (χ1) is 14.4. The maximum Gasteiger partial charge on any atom is 0.236 e. The highest BCUT2D eigenvalue weighted by molar-refractivity contribution is 7.88. The maximum absolute atomic E-state index is 13.1. The minimum Gasteiger partial charge on any atom is -0.490 e. The molecule has 8 nitrogen and oxygen atoms in total. The Morgan fingerprint density at radius 3 is 2.48 bits per heavy atom. The summed E-state index contributed by atoms with van der Waals surface area (Å²) >= 11 is 0. The van der Waals surface area contributed by atoms with Crippen LogP contribution in [0.15, 0.2) is 18.2 Å². The molecule has 9 heteroatoms. The van der Waals surface area contributed by atoms with Gasteiger partial charge in [0.25, 0.3) is 0 Å². The van der Waals surface area contributed by atoms with Gasteiger partial charge in [0, 0.05) is 37.3 Å². The van der Waals surface area contributed by atoms with Crippen LogP contribution in [0, 0.1) is 17.3 Å². The Kier molecular flexibility index (Phi) is 6.67. The van der Waals surface area contributed by atoms with E-state index in [9.17, 15) is 18.0 Å². The van der Waals surface area contributed by atoms with Gasteiger partial charge in [0.05, 0.1) is 17.4 Å². The zero-order chi connectivity index (χ0) is 23.0. The number of benzene rings is 1. The second-order valence-electron chi connectivity index (χ2n) is 9.59. The number of carbonyl (C=O) groups is 2. The van der Waals surface area contributed by atoms with Gasteiger partial charge in [-0.25, -0.2) is 12.7 Å². The maximum atomic E-state index is 13.1. The Bertz CT molecular complexity index is 950. The molecule has 2 amide bonds. The fraction of sp³-hybridized carbons (Fsp3) is 0.636. The predicted molar refractivity (Wildman–Crippen MR) is 121 cm³/mol. The molecule has 0 aliphatic carbocycles. The van der Waals surface area contributed by atoms with Crippen LogP contribution in [0.4, 0.5) is 11.4 Å². The third-order valence-corrected chi connectivity index (χ3v) is 7.08. The molecule has 1 aromatic carbocycles. The fourth-order valence-corrected chi connectivity index (χ4v) is 4.84. The predicted octanol–water partition coefficient (Wildman–Crippen LogP) is 2.70. The number of hydrogen-bond donors (Lipinski definition) is 1. The number of piperidine rings is 1. The SMILES string of the molecule is CC(C)CN1C(=O)C(C)(C)COc2cc(NC(=O)C3CCN(S(C)(=O)=O)CC3)ccc21. The van der Waals surface area contributed by atoms with E-state index in [4.69, 9.17) is 4.74 Å². The number of sulfonamides is 1. The van der Waals surface area contributed by atoms with Crippen LogP contribution < -0.4 is 15.0 Å². The number of rotatable bonds is 5. The van der Waals surface area contributed by atoms with E-state index in [0.717, 1.165) is 0 Å². The van der Waals surface area contributed by atoms with Gasteiger partial charge in [-0.05, 0) is 44.7 Å². The van der Waals surface area contributed by atoms with E-state index in [-0.39, 0.29) is 24.3 Å². The summed E-state index contributed by atoms with van der Waals surface area (Å²) in [5.74, 6) is 0.523. The van der Waals surface area contributed by atoms with Gasteiger partial charge in [-0.3, -0.25) is 9.59 Å². The van der Waals surface area contributed by atoms with Crippen LogP contribution in [-0.4, -0.2) is 57.0 Å². The molecule has 2 heterocycles. The third-order valence-electron chi connectivity index (χ3n) is 5.77. The van der Waals surface area contributed by atoms with Crippen LogP contribution in [0.5, 0.6) is 5.75 Å². The molecule has 0 spiro atoms. The lowest BCUT2D eigenvalue weighted by atomic mass is 9.92. The van der Waals surface area contributed by atoms with Crippen molar-refractivity contribution in [2.24, 2.45) is 17.3 Å².